The van der Waals surface area contributed by atoms with Gasteiger partial charge >= 0.3 is 0 Å². The van der Waals surface area contributed by atoms with Crippen molar-refractivity contribution in [3.05, 3.63) is 65.2 Å². The van der Waals surface area contributed by atoms with Gasteiger partial charge in [-0.1, -0.05) is 62.7 Å². The van der Waals surface area contributed by atoms with Crippen molar-refractivity contribution in [2.45, 2.75) is 59.5 Å². The standard InChI is InChI=1S/C25H34N2O3/c1-6-23(25(29)26-7-2)27(16-20-10-8-19(5)9-11-20)24(28)17-30-22-14-12-21(13-15-22)18(3)4/h8-15,18,23H,6-7,16-17H2,1-5H3,(H,26,29)/t23-/m0/s1. The molecule has 0 aliphatic carbocycles. The van der Waals surface area contributed by atoms with Crippen LogP contribution in [-0.2, 0) is 16.1 Å². The Morgan fingerprint density at radius 3 is 2.17 bits per heavy atom. The van der Waals surface area contributed by atoms with E-state index in [9.17, 15) is 9.59 Å². The first-order valence-corrected chi connectivity index (χ1v) is 10.7. The van der Waals surface area contributed by atoms with Crippen molar-refractivity contribution >= 4 is 11.8 Å². The smallest absolute Gasteiger partial charge is 0.261 e. The van der Waals surface area contributed by atoms with E-state index in [1.165, 1.54) is 5.56 Å². The van der Waals surface area contributed by atoms with Gasteiger partial charge in [-0.05, 0) is 49.4 Å². The number of hydrogen-bond donors (Lipinski definition) is 1. The van der Waals surface area contributed by atoms with Crippen LogP contribution < -0.4 is 10.1 Å². The Morgan fingerprint density at radius 1 is 1.00 bits per heavy atom. The summed E-state index contributed by atoms with van der Waals surface area (Å²) in [6, 6.07) is 15.3. The molecular weight excluding hydrogens is 376 g/mol. The largest absolute Gasteiger partial charge is 0.484 e. The van der Waals surface area contributed by atoms with E-state index in [-0.39, 0.29) is 18.4 Å². The first kappa shape index (κ1) is 23.5. The third-order valence-electron chi connectivity index (χ3n) is 5.12. The van der Waals surface area contributed by atoms with Crippen molar-refractivity contribution in [1.29, 1.82) is 0 Å². The van der Waals surface area contributed by atoms with E-state index in [2.05, 4.69) is 19.2 Å². The molecule has 0 unspecified atom stereocenters. The molecule has 0 bridgehead atoms. The van der Waals surface area contributed by atoms with Crippen molar-refractivity contribution in [2.75, 3.05) is 13.2 Å². The Kier molecular flexibility index (Phi) is 8.90. The van der Waals surface area contributed by atoms with Crippen LogP contribution in [0, 0.1) is 6.92 Å². The molecule has 30 heavy (non-hydrogen) atoms. The summed E-state index contributed by atoms with van der Waals surface area (Å²) in [7, 11) is 0. The van der Waals surface area contributed by atoms with E-state index in [4.69, 9.17) is 4.74 Å². The highest BCUT2D eigenvalue weighted by molar-refractivity contribution is 5.88. The fourth-order valence-corrected chi connectivity index (χ4v) is 3.28. The lowest BCUT2D eigenvalue weighted by Crippen LogP contribution is -2.50. The molecule has 0 saturated carbocycles. The van der Waals surface area contributed by atoms with Gasteiger partial charge in [0.25, 0.3) is 5.91 Å². The molecule has 0 aliphatic rings. The minimum Gasteiger partial charge on any atom is -0.484 e. The summed E-state index contributed by atoms with van der Waals surface area (Å²) in [4.78, 5) is 27.3. The average Bonchev–Trinajstić information content (AvgIpc) is 2.73. The molecule has 2 rings (SSSR count). The number of nitrogens with zero attached hydrogens (tertiary/aromatic N) is 1. The first-order chi connectivity index (χ1) is 14.3. The molecule has 5 heteroatoms. The van der Waals surface area contributed by atoms with Crippen LogP contribution in [0.15, 0.2) is 48.5 Å². The van der Waals surface area contributed by atoms with Crippen LogP contribution in [-0.4, -0.2) is 35.9 Å². The number of carbonyl (C=O) groups excluding carboxylic acids is 2. The second-order valence-electron chi connectivity index (χ2n) is 7.84. The molecule has 0 spiro atoms. The Bertz CT molecular complexity index is 813. The molecule has 1 N–H and O–H groups in total. The van der Waals surface area contributed by atoms with Crippen molar-refractivity contribution < 1.29 is 14.3 Å². The molecule has 2 aromatic rings. The molecular formula is C25H34N2O3. The maximum Gasteiger partial charge on any atom is 0.261 e. The van der Waals surface area contributed by atoms with Gasteiger partial charge in [-0.3, -0.25) is 9.59 Å². The summed E-state index contributed by atoms with van der Waals surface area (Å²) in [5.74, 6) is 0.741. The predicted octanol–water partition coefficient (Wildman–Crippen LogP) is 4.44. The molecule has 1 atom stereocenters. The molecule has 0 aliphatic heterocycles. The van der Waals surface area contributed by atoms with Crippen LogP contribution in [0.4, 0.5) is 0 Å². The highest BCUT2D eigenvalue weighted by Gasteiger charge is 2.28. The topological polar surface area (TPSA) is 58.6 Å². The number of rotatable bonds is 10. The third-order valence-corrected chi connectivity index (χ3v) is 5.12. The first-order valence-electron chi connectivity index (χ1n) is 10.7. The summed E-state index contributed by atoms with van der Waals surface area (Å²) in [6.07, 6.45) is 0.534. The van der Waals surface area contributed by atoms with Gasteiger partial charge in [0.15, 0.2) is 6.61 Å². The van der Waals surface area contributed by atoms with Gasteiger partial charge in [0.05, 0.1) is 0 Å². The zero-order valence-corrected chi connectivity index (χ0v) is 18.8. The monoisotopic (exact) mass is 410 g/mol. The average molecular weight is 411 g/mol. The summed E-state index contributed by atoms with van der Waals surface area (Å²) in [6.45, 7) is 10.9. The fourth-order valence-electron chi connectivity index (χ4n) is 3.28. The summed E-state index contributed by atoms with van der Waals surface area (Å²) in [5, 5.41) is 2.84. The molecule has 2 amide bonds. The minimum absolute atomic E-state index is 0.108. The molecule has 5 nitrogen and oxygen atoms in total. The van der Waals surface area contributed by atoms with Crippen LogP contribution in [0.1, 0.15) is 56.7 Å². The normalized spacial score (nSPS) is 11.8. The third kappa shape index (κ3) is 6.61. The van der Waals surface area contributed by atoms with Crippen LogP contribution in [0.5, 0.6) is 5.75 Å². The number of hydrogen-bond acceptors (Lipinski definition) is 3. The van der Waals surface area contributed by atoms with Gasteiger partial charge in [-0.15, -0.1) is 0 Å². The molecule has 0 aromatic heterocycles. The summed E-state index contributed by atoms with van der Waals surface area (Å²) >= 11 is 0. The predicted molar refractivity (Wildman–Crippen MR) is 121 cm³/mol. The maximum atomic E-state index is 13.1. The SMILES string of the molecule is CCNC(=O)[C@H](CC)N(Cc1ccc(C)cc1)C(=O)COc1ccc(C(C)C)cc1. The van der Waals surface area contributed by atoms with Gasteiger partial charge in [-0.25, -0.2) is 0 Å². The van der Waals surface area contributed by atoms with E-state index in [0.717, 1.165) is 11.1 Å². The van der Waals surface area contributed by atoms with Crippen LogP contribution in [0.25, 0.3) is 0 Å². The number of amides is 2. The Labute approximate surface area is 180 Å². The van der Waals surface area contributed by atoms with Crippen LogP contribution in [0.3, 0.4) is 0 Å². The lowest BCUT2D eigenvalue weighted by atomic mass is 10.0. The molecule has 0 fully saturated rings. The lowest BCUT2D eigenvalue weighted by Gasteiger charge is -2.30. The fraction of sp³-hybridized carbons (Fsp3) is 0.440. The summed E-state index contributed by atoms with van der Waals surface area (Å²) < 4.78 is 5.75. The van der Waals surface area contributed by atoms with E-state index < -0.39 is 6.04 Å². The van der Waals surface area contributed by atoms with E-state index in [0.29, 0.717) is 31.2 Å². The van der Waals surface area contributed by atoms with Crippen molar-refractivity contribution in [3.63, 3.8) is 0 Å². The number of benzene rings is 2. The molecule has 2 aromatic carbocycles. The number of aryl methyl sites for hydroxylation is 1. The molecule has 162 valence electrons. The van der Waals surface area contributed by atoms with Gasteiger partial charge in [0.2, 0.25) is 5.91 Å². The lowest BCUT2D eigenvalue weighted by molar-refractivity contribution is -0.142. The van der Waals surface area contributed by atoms with Gasteiger partial charge < -0.3 is 15.0 Å². The van der Waals surface area contributed by atoms with Gasteiger partial charge in [0.1, 0.15) is 11.8 Å². The second kappa shape index (κ2) is 11.4. The molecule has 0 heterocycles. The zero-order chi connectivity index (χ0) is 22.1. The number of nitrogens with one attached hydrogen (secondary N) is 1. The van der Waals surface area contributed by atoms with Crippen LogP contribution in [0.2, 0.25) is 0 Å². The number of likely N-dealkylation sites (N-methyl/N-ethyl adjacent to an activating group) is 1. The van der Waals surface area contributed by atoms with E-state index in [1.54, 1.807) is 4.90 Å². The minimum atomic E-state index is -0.536. The van der Waals surface area contributed by atoms with Crippen molar-refractivity contribution in [1.82, 2.24) is 10.2 Å². The van der Waals surface area contributed by atoms with Crippen molar-refractivity contribution in [2.24, 2.45) is 0 Å². The Hall–Kier alpha value is -2.82. The quantitative estimate of drug-likeness (QED) is 0.630. The van der Waals surface area contributed by atoms with Gasteiger partial charge in [0, 0.05) is 13.1 Å². The Balaban J connectivity index is 2.15. The second-order valence-corrected chi connectivity index (χ2v) is 7.84. The zero-order valence-electron chi connectivity index (χ0n) is 18.8. The number of ether oxygens (including phenoxy) is 1. The van der Waals surface area contributed by atoms with Gasteiger partial charge in [-0.2, -0.15) is 0 Å². The Morgan fingerprint density at radius 2 is 1.63 bits per heavy atom. The van der Waals surface area contributed by atoms with Crippen molar-refractivity contribution in [3.8, 4) is 5.75 Å². The van der Waals surface area contributed by atoms with Crippen LogP contribution >= 0.6 is 0 Å². The summed E-state index contributed by atoms with van der Waals surface area (Å²) in [5.41, 5.74) is 3.36. The van der Waals surface area contributed by atoms with E-state index in [1.807, 2.05) is 69.3 Å². The van der Waals surface area contributed by atoms with E-state index >= 15 is 0 Å². The highest BCUT2D eigenvalue weighted by atomic mass is 16.5. The number of carbonyl (C=O) groups is 2. The maximum absolute atomic E-state index is 13.1. The molecule has 0 radical (unpaired) electrons. The molecule has 0 saturated heterocycles. The highest BCUT2D eigenvalue weighted by Crippen LogP contribution is 2.19.